The quantitative estimate of drug-likeness (QED) is 0.566. The third kappa shape index (κ3) is 5.15. The molecule has 3 rings (SSSR count). The molecule has 0 aliphatic rings. The van der Waals surface area contributed by atoms with Crippen LogP contribution in [0.25, 0.3) is 11.4 Å². The van der Waals surface area contributed by atoms with Crippen LogP contribution in [-0.4, -0.2) is 38.3 Å². The summed E-state index contributed by atoms with van der Waals surface area (Å²) < 4.78 is 21.0. The van der Waals surface area contributed by atoms with Crippen LogP contribution in [0.1, 0.15) is 12.5 Å². The number of hydrogen-bond acceptors (Lipinski definition) is 5. The number of halogens is 1. The first-order valence-corrected chi connectivity index (χ1v) is 9.78. The van der Waals surface area contributed by atoms with Crippen molar-refractivity contribution in [3.63, 3.8) is 0 Å². The Morgan fingerprint density at radius 3 is 2.59 bits per heavy atom. The highest BCUT2D eigenvalue weighted by Gasteiger charge is 2.15. The third-order valence-electron chi connectivity index (χ3n) is 4.00. The molecule has 1 heterocycles. The van der Waals surface area contributed by atoms with E-state index in [1.54, 1.807) is 18.2 Å². The minimum Gasteiger partial charge on any atom is -0.390 e. The predicted octanol–water partition coefficient (Wildman–Crippen LogP) is 3.77. The van der Waals surface area contributed by atoms with E-state index in [9.17, 15) is 9.50 Å². The first-order chi connectivity index (χ1) is 13.2. The second-order valence-corrected chi connectivity index (χ2v) is 6.97. The van der Waals surface area contributed by atoms with E-state index in [4.69, 9.17) is 4.74 Å². The lowest BCUT2D eigenvalue weighted by molar-refractivity contribution is 0.0386. The van der Waals surface area contributed by atoms with Crippen LogP contribution < -0.4 is 0 Å². The smallest absolute Gasteiger partial charge is 0.191 e. The largest absolute Gasteiger partial charge is 0.390 e. The van der Waals surface area contributed by atoms with Crippen LogP contribution in [0.3, 0.4) is 0 Å². The summed E-state index contributed by atoms with van der Waals surface area (Å²) in [7, 11) is 0. The molecule has 0 radical (unpaired) electrons. The number of ether oxygens (including phenoxy) is 1. The first kappa shape index (κ1) is 19.5. The highest BCUT2D eigenvalue weighted by Crippen LogP contribution is 2.24. The molecule has 27 heavy (non-hydrogen) atoms. The zero-order valence-corrected chi connectivity index (χ0v) is 15.9. The number of hydrogen-bond donors (Lipinski definition) is 1. The van der Waals surface area contributed by atoms with Crippen molar-refractivity contribution in [2.45, 2.75) is 31.3 Å². The monoisotopic (exact) mass is 387 g/mol. The van der Waals surface area contributed by atoms with Crippen molar-refractivity contribution in [3.05, 3.63) is 66.0 Å². The van der Waals surface area contributed by atoms with Gasteiger partial charge in [0.2, 0.25) is 0 Å². The number of nitrogens with zero attached hydrogens (tertiary/aromatic N) is 3. The maximum Gasteiger partial charge on any atom is 0.191 e. The maximum absolute atomic E-state index is 13.5. The Kier molecular flexibility index (Phi) is 6.98. The van der Waals surface area contributed by atoms with Crippen LogP contribution in [0.5, 0.6) is 0 Å². The van der Waals surface area contributed by atoms with E-state index in [1.165, 1.54) is 17.8 Å². The lowest BCUT2D eigenvalue weighted by atomic mass is 10.2. The van der Waals surface area contributed by atoms with Crippen molar-refractivity contribution in [3.8, 4) is 11.4 Å². The minimum absolute atomic E-state index is 0.132. The Morgan fingerprint density at radius 1 is 1.11 bits per heavy atom. The van der Waals surface area contributed by atoms with Crippen LogP contribution in [0, 0.1) is 5.82 Å². The van der Waals surface area contributed by atoms with Crippen LogP contribution in [0.4, 0.5) is 4.39 Å². The Hall–Kier alpha value is -2.22. The van der Waals surface area contributed by atoms with Gasteiger partial charge in [0, 0.05) is 23.4 Å². The molecule has 0 fully saturated rings. The molecule has 1 N–H and O–H groups in total. The van der Waals surface area contributed by atoms with Gasteiger partial charge in [-0.25, -0.2) is 4.39 Å². The third-order valence-corrected chi connectivity index (χ3v) is 5.11. The molecule has 0 aliphatic heterocycles. The van der Waals surface area contributed by atoms with E-state index < -0.39 is 6.10 Å². The average molecular weight is 387 g/mol. The molecule has 0 aliphatic carbocycles. The van der Waals surface area contributed by atoms with Gasteiger partial charge in [-0.05, 0) is 13.0 Å². The number of aliphatic hydroxyl groups excluding tert-OH is 1. The van der Waals surface area contributed by atoms with Crippen LogP contribution in [-0.2, 0) is 17.9 Å². The van der Waals surface area contributed by atoms with Crippen LogP contribution >= 0.6 is 11.8 Å². The molecule has 1 aromatic heterocycles. The number of aromatic nitrogens is 3. The fourth-order valence-corrected chi connectivity index (χ4v) is 3.53. The van der Waals surface area contributed by atoms with Crippen molar-refractivity contribution in [1.29, 1.82) is 0 Å². The van der Waals surface area contributed by atoms with Crippen molar-refractivity contribution in [2.24, 2.45) is 0 Å². The highest BCUT2D eigenvalue weighted by molar-refractivity contribution is 7.99. The zero-order valence-electron chi connectivity index (χ0n) is 15.1. The van der Waals surface area contributed by atoms with Gasteiger partial charge in [0.25, 0.3) is 0 Å². The number of aliphatic hydroxyl groups is 1. The zero-order chi connectivity index (χ0) is 19.1. The second-order valence-electron chi connectivity index (χ2n) is 5.99. The molecular weight excluding hydrogens is 365 g/mol. The molecule has 0 spiro atoms. The fraction of sp³-hybridized carbons (Fsp3) is 0.300. The van der Waals surface area contributed by atoms with E-state index in [2.05, 4.69) is 10.2 Å². The summed E-state index contributed by atoms with van der Waals surface area (Å²) in [6.45, 7) is 3.04. The Balaban J connectivity index is 1.52. The number of rotatable bonds is 9. The molecule has 2 aromatic carbocycles. The summed E-state index contributed by atoms with van der Waals surface area (Å²) >= 11 is 1.43. The molecule has 0 amide bonds. The Labute approximate surface area is 162 Å². The lowest BCUT2D eigenvalue weighted by Gasteiger charge is -2.12. The standard InChI is InChI=1S/C20H22FN3O2S/c1-2-24-19(15-8-4-3-5-9-15)22-23-20(24)27-14-17(25)13-26-12-16-10-6-7-11-18(16)21/h3-11,17,25H,2,12-14H2,1H3/t17-/m1/s1. The summed E-state index contributed by atoms with van der Waals surface area (Å²) in [4.78, 5) is 0. The molecular formula is C20H22FN3O2S. The van der Waals surface area contributed by atoms with E-state index in [0.717, 1.165) is 23.1 Å². The average Bonchev–Trinajstić information content (AvgIpc) is 3.11. The Bertz CT molecular complexity index is 857. The van der Waals surface area contributed by atoms with Crippen molar-refractivity contribution in [1.82, 2.24) is 14.8 Å². The molecule has 142 valence electrons. The summed E-state index contributed by atoms with van der Waals surface area (Å²) in [6, 6.07) is 16.3. The number of benzene rings is 2. The first-order valence-electron chi connectivity index (χ1n) is 8.79. The summed E-state index contributed by atoms with van der Waals surface area (Å²) in [5.41, 5.74) is 1.49. The fourth-order valence-electron chi connectivity index (χ4n) is 2.62. The topological polar surface area (TPSA) is 60.2 Å². The Morgan fingerprint density at radius 2 is 1.85 bits per heavy atom. The normalized spacial score (nSPS) is 12.3. The van der Waals surface area contributed by atoms with Crippen molar-refractivity contribution in [2.75, 3.05) is 12.4 Å². The van der Waals surface area contributed by atoms with Crippen LogP contribution in [0.15, 0.2) is 59.8 Å². The highest BCUT2D eigenvalue weighted by atomic mass is 32.2. The van der Waals surface area contributed by atoms with Gasteiger partial charge >= 0.3 is 0 Å². The van der Waals surface area contributed by atoms with Gasteiger partial charge in [-0.15, -0.1) is 10.2 Å². The molecule has 0 saturated carbocycles. The summed E-state index contributed by atoms with van der Waals surface area (Å²) in [5, 5.41) is 19.4. The number of thioether (sulfide) groups is 1. The lowest BCUT2D eigenvalue weighted by Crippen LogP contribution is -2.18. The van der Waals surface area contributed by atoms with Gasteiger partial charge < -0.3 is 14.4 Å². The maximum atomic E-state index is 13.5. The molecule has 0 bridgehead atoms. The summed E-state index contributed by atoms with van der Waals surface area (Å²) in [6.07, 6.45) is -0.677. The summed E-state index contributed by atoms with van der Waals surface area (Å²) in [5.74, 6) is 0.932. The molecule has 3 aromatic rings. The minimum atomic E-state index is -0.677. The molecule has 0 saturated heterocycles. The van der Waals surface area contributed by atoms with E-state index in [1.807, 2.05) is 41.8 Å². The van der Waals surface area contributed by atoms with Gasteiger partial charge in [0.05, 0.1) is 19.3 Å². The molecule has 0 unspecified atom stereocenters. The van der Waals surface area contributed by atoms with E-state index in [0.29, 0.717) is 11.3 Å². The molecule has 1 atom stereocenters. The molecule has 5 nitrogen and oxygen atoms in total. The van der Waals surface area contributed by atoms with Crippen molar-refractivity contribution >= 4 is 11.8 Å². The van der Waals surface area contributed by atoms with Gasteiger partial charge in [0.1, 0.15) is 5.82 Å². The molecule has 7 heteroatoms. The van der Waals surface area contributed by atoms with E-state index in [-0.39, 0.29) is 19.0 Å². The van der Waals surface area contributed by atoms with Gasteiger partial charge in [0.15, 0.2) is 11.0 Å². The van der Waals surface area contributed by atoms with Gasteiger partial charge in [-0.3, -0.25) is 0 Å². The predicted molar refractivity (Wildman–Crippen MR) is 104 cm³/mol. The van der Waals surface area contributed by atoms with E-state index >= 15 is 0 Å². The second kappa shape index (κ2) is 9.64. The SMILES string of the molecule is CCn1c(SC[C@H](O)COCc2ccccc2F)nnc1-c1ccccc1. The van der Waals surface area contributed by atoms with Crippen molar-refractivity contribution < 1.29 is 14.2 Å². The van der Waals surface area contributed by atoms with Crippen LogP contribution in [0.2, 0.25) is 0 Å². The van der Waals surface area contributed by atoms with Gasteiger partial charge in [-0.1, -0.05) is 60.3 Å². The van der Waals surface area contributed by atoms with Gasteiger partial charge in [-0.2, -0.15) is 0 Å².